The van der Waals surface area contributed by atoms with E-state index in [9.17, 15) is 74.4 Å². The number of carbonyl (C=O) groups excluding carboxylic acids is 2. The van der Waals surface area contributed by atoms with Crippen LogP contribution in [0.1, 0.15) is 102 Å². The van der Waals surface area contributed by atoms with Gasteiger partial charge in [0, 0.05) is 51.4 Å². The first-order chi connectivity index (χ1) is 48.0. The van der Waals surface area contributed by atoms with E-state index in [1.165, 1.54) is 76.3 Å². The molecule has 0 amide bonds. The summed E-state index contributed by atoms with van der Waals surface area (Å²) >= 11 is 0. The molecule has 0 radical (unpaired) electrons. The second-order valence-electron chi connectivity index (χ2n) is 21.3. The topological polar surface area (TPSA) is 423 Å². The van der Waals surface area contributed by atoms with Crippen molar-refractivity contribution in [3.05, 3.63) is 215 Å². The number of para-hydroxylation sites is 3. The Balaban J connectivity index is 0.000000237. The van der Waals surface area contributed by atoms with Gasteiger partial charge in [-0.2, -0.15) is 0 Å². The number of hydrogen-bond acceptors (Lipinski definition) is 21. The first-order valence-electron chi connectivity index (χ1n) is 29.0. The molecule has 6 aromatic heterocycles. The number of fused-ring (bicyclic) bond motifs is 3. The minimum absolute atomic E-state index is 0. The zero-order valence-electron chi connectivity index (χ0n) is 54.0. The molecule has 0 unspecified atom stereocenters. The molecule has 29 nitrogen and oxygen atoms in total. The van der Waals surface area contributed by atoms with Gasteiger partial charge in [0.15, 0.2) is 17.2 Å². The average molecular weight is 1490 g/mol. The van der Waals surface area contributed by atoms with E-state index in [4.69, 9.17) is 42.1 Å². The van der Waals surface area contributed by atoms with Crippen LogP contribution in [0.15, 0.2) is 192 Å². The summed E-state index contributed by atoms with van der Waals surface area (Å²) in [5.41, 5.74) is 3.93. The Bertz CT molecular complexity index is 5620. The summed E-state index contributed by atoms with van der Waals surface area (Å²) in [5.74, 6) is -12.0. The highest BCUT2D eigenvalue weighted by Gasteiger charge is 2.38. The van der Waals surface area contributed by atoms with Gasteiger partial charge >= 0.3 is 35.8 Å². The number of nitrogens with zero attached hydrogens (tertiary/aromatic N) is 3. The number of rotatable bonds is 18. The molecular weight excluding hydrogens is 1420 g/mol. The number of aromatic carboxylic acids is 4. The van der Waals surface area contributed by atoms with Crippen LogP contribution in [0.2, 0.25) is 0 Å². The molecule has 546 valence electrons. The highest BCUT2D eigenvalue weighted by Crippen LogP contribution is 2.47. The summed E-state index contributed by atoms with van der Waals surface area (Å²) in [6.07, 6.45) is 3.84. The van der Waals surface area contributed by atoms with E-state index >= 15 is 0 Å². The van der Waals surface area contributed by atoms with Crippen LogP contribution in [0.25, 0.3) is 66.1 Å². The van der Waals surface area contributed by atoms with Crippen LogP contribution >= 0.6 is 0 Å². The maximum absolute atomic E-state index is 13.5. The first kappa shape index (κ1) is 80.3. The van der Waals surface area contributed by atoms with Crippen LogP contribution in [0.3, 0.4) is 0 Å². The monoisotopic (exact) mass is 1490 g/mol. The van der Waals surface area contributed by atoms with Crippen LogP contribution in [0.4, 0.5) is 0 Å². The summed E-state index contributed by atoms with van der Waals surface area (Å²) in [7, 11) is -6.23. The number of ether oxygens (including phenoxy) is 5. The maximum atomic E-state index is 13.5. The van der Waals surface area contributed by atoms with E-state index < -0.39 is 100 Å². The molecule has 0 fully saturated rings. The fourth-order valence-electron chi connectivity index (χ4n) is 10.7. The van der Waals surface area contributed by atoms with Gasteiger partial charge in [0.2, 0.25) is 17.3 Å². The van der Waals surface area contributed by atoms with Gasteiger partial charge in [-0.15, -0.1) is 0 Å². The number of carbonyl (C=O) groups is 6. The first-order valence-corrected chi connectivity index (χ1v) is 33.3. The lowest BCUT2D eigenvalue weighted by molar-refractivity contribution is 0.0539. The van der Waals surface area contributed by atoms with Crippen LogP contribution in [0.5, 0.6) is 17.2 Å². The number of carboxylic acid groups (broad SMARTS) is 4. The van der Waals surface area contributed by atoms with E-state index in [0.717, 1.165) is 42.8 Å². The van der Waals surface area contributed by atoms with E-state index in [1.807, 2.05) is 20.8 Å². The lowest BCUT2D eigenvalue weighted by Crippen LogP contribution is -2.11. The molecule has 0 aliphatic carbocycles. The zero-order valence-corrected chi connectivity index (χ0v) is 56.4. The average Bonchev–Trinajstić information content (AvgIpc) is 1.62. The summed E-state index contributed by atoms with van der Waals surface area (Å²) in [6.45, 7) is 6.02. The third kappa shape index (κ3) is 14.9. The van der Waals surface area contributed by atoms with E-state index in [0.29, 0.717) is 33.7 Å². The molecule has 5 N–H and O–H groups in total. The molecule has 0 spiro atoms. The Kier molecular flexibility index (Phi) is 25.0. The second-order valence-corrected chi connectivity index (χ2v) is 26.8. The fourth-order valence-corrected chi connectivity index (χ4v) is 14.8. The number of aryl methyl sites for hydroxylation is 3. The molecule has 6 aromatic carbocycles. The molecule has 0 aliphatic rings. The molecule has 12 aromatic rings. The van der Waals surface area contributed by atoms with Gasteiger partial charge in [-0.3, -0.25) is 0 Å². The molecule has 0 saturated carbocycles. The summed E-state index contributed by atoms with van der Waals surface area (Å²) in [6, 6.07) is 38.7. The number of benzene rings is 6. The molecule has 104 heavy (non-hydrogen) atoms. The van der Waals surface area contributed by atoms with Crippen molar-refractivity contribution in [1.82, 2.24) is 11.9 Å². The molecule has 0 bridgehead atoms. The number of methoxy groups -OCH3 is 5. The lowest BCUT2D eigenvalue weighted by Gasteiger charge is -2.07. The van der Waals surface area contributed by atoms with Gasteiger partial charge in [0.25, 0.3) is 47.4 Å². The highest BCUT2D eigenvalue weighted by molar-refractivity contribution is 7.90. The Morgan fingerprint density at radius 2 is 0.596 bits per heavy atom. The van der Waals surface area contributed by atoms with Crippen molar-refractivity contribution in [2.24, 2.45) is 0 Å². The van der Waals surface area contributed by atoms with Crippen molar-refractivity contribution in [2.45, 2.75) is 57.7 Å². The second kappa shape index (κ2) is 32.3. The third-order valence-electron chi connectivity index (χ3n) is 15.3. The summed E-state index contributed by atoms with van der Waals surface area (Å²) in [5, 5.41) is 46.3. The van der Waals surface area contributed by atoms with Crippen LogP contribution < -0.4 is 14.2 Å². The number of aromatic nitrogens is 3. The molecule has 0 saturated heterocycles. The Morgan fingerprint density at radius 1 is 0.365 bits per heavy atom. The number of aliphatic hydroxyl groups excluding tert-OH is 1. The van der Waals surface area contributed by atoms with Crippen LogP contribution in [-0.2, 0) is 44.3 Å². The zero-order chi connectivity index (χ0) is 73.7. The van der Waals surface area contributed by atoms with Crippen LogP contribution in [0, 0.1) is 20.8 Å². The van der Waals surface area contributed by atoms with Crippen molar-refractivity contribution in [3.63, 3.8) is 0 Å². The fraction of sp³-hybridized carbons (Fsp3) is 0.153. The van der Waals surface area contributed by atoms with Crippen molar-refractivity contribution in [1.29, 1.82) is 0 Å². The number of carboxylic acids is 4. The largest absolute Gasteiger partial charge is 0.665 e. The highest BCUT2D eigenvalue weighted by atomic mass is 32.2. The standard InChI is InChI=1S/2C23H19NO8S.C22H17NO8S.CHO2.3CH4/c1-13-8-10-14(11-9-13)33(28,29)24-12-16(15-6-4-5-7-17(15)24)18-19(30-2)21(22(25)26)32-20(18)23(27)31-3;1-13-8-10-14(11-9-13)33(28,29)24-12-16(15-6-4-5-7-17(15)24)18-19(30-2)21(23(27)31-3)32-20(18)22(25)26;1-12-7-9-13(10-8-12)32(28,29)23-11-15(14-5-3-4-6-16(14)23)17-18(30-2)20(22(26)27)31-19(17)21(24)25;2-1-3;;;/h2*4-12H,1-3H3,(H,25,26);3-11H,1-2H3,(H,24,25)(H,26,27);(H,2,3);3*1H4/q;;;-1;;;. The molecule has 0 aliphatic heterocycles. The van der Waals surface area contributed by atoms with Gasteiger partial charge < -0.3 is 67.3 Å². The van der Waals surface area contributed by atoms with Crippen molar-refractivity contribution >= 4 is 105 Å². The SMILES string of the molecule is C.C.C.COC(=O)c1oc(C(=O)O)c(-c2cn(S(=O)(=O)c3ccc(C)cc3)c3ccccc23)c1OC.COC(=O)c1oc(C(=O)O)c(OC)c1-c1cn(S(=O)(=O)c2ccc(C)cc2)c2ccccc12.COc1c(C(=O)O)oc(C(=O)O)c1-c1cn(S(=O)(=O)c2ccc(C)cc2)c2ccccc12.O=[C-]O. The van der Waals surface area contributed by atoms with Gasteiger partial charge in [-0.05, 0) is 75.4 Å². The minimum atomic E-state index is -4.05. The third-order valence-corrected chi connectivity index (χ3v) is 20.4. The summed E-state index contributed by atoms with van der Waals surface area (Å²) in [4.78, 5) is 80.0. The van der Waals surface area contributed by atoms with Crippen molar-refractivity contribution in [2.75, 3.05) is 35.5 Å². The number of hydrogen-bond donors (Lipinski definition) is 5. The van der Waals surface area contributed by atoms with Gasteiger partial charge in [0.1, 0.15) is 0 Å². The molecule has 6 heterocycles. The lowest BCUT2D eigenvalue weighted by atomic mass is 10.0. The van der Waals surface area contributed by atoms with Gasteiger partial charge in [-0.25, -0.2) is 65.9 Å². The van der Waals surface area contributed by atoms with Crippen LogP contribution in [-0.4, -0.2) is 141 Å². The normalized spacial score (nSPS) is 11.0. The van der Waals surface area contributed by atoms with Gasteiger partial charge in [0.05, 0.1) is 83.5 Å². The molecule has 32 heteroatoms. The maximum Gasteiger partial charge on any atom is 0.377 e. The van der Waals surface area contributed by atoms with Gasteiger partial charge in [-0.1, -0.05) is 136 Å². The Labute approximate surface area is 594 Å². The van der Waals surface area contributed by atoms with E-state index in [-0.39, 0.29) is 93.1 Å². The minimum Gasteiger partial charge on any atom is -0.665 e. The smallest absolute Gasteiger partial charge is 0.377 e. The van der Waals surface area contributed by atoms with E-state index in [2.05, 4.69) is 4.74 Å². The quantitative estimate of drug-likeness (QED) is 0.0393. The predicted molar refractivity (Wildman–Crippen MR) is 379 cm³/mol. The Morgan fingerprint density at radius 3 is 0.856 bits per heavy atom. The number of esters is 2. The van der Waals surface area contributed by atoms with Crippen molar-refractivity contribution in [3.8, 4) is 50.6 Å². The molecule has 12 rings (SSSR count). The van der Waals surface area contributed by atoms with E-state index in [1.54, 1.807) is 109 Å². The predicted octanol–water partition coefficient (Wildman–Crippen LogP) is 13.3. The molecule has 0 atom stereocenters. The molecular formula is C72H68N3O26S3-. The summed E-state index contributed by atoms with van der Waals surface area (Å²) < 4.78 is 125. The van der Waals surface area contributed by atoms with Crippen molar-refractivity contribution < 1.29 is 121 Å². The number of furan rings is 3. The Hall–Kier alpha value is -12.7.